The lowest BCUT2D eigenvalue weighted by atomic mass is 10.2. The van der Waals surface area contributed by atoms with Gasteiger partial charge in [0.1, 0.15) is 11.3 Å². The van der Waals surface area contributed by atoms with Gasteiger partial charge in [0.15, 0.2) is 0 Å². The van der Waals surface area contributed by atoms with Gasteiger partial charge in [-0.05, 0) is 48.9 Å². The smallest absolute Gasteiger partial charge is 0.134 e. The number of rotatable bonds is 4. The van der Waals surface area contributed by atoms with Crippen LogP contribution in [0.3, 0.4) is 0 Å². The SMILES string of the molecule is CC(NCc1ccc(Br)cc1)c1cc2cc(Br)ccc2o1. The molecular formula is C17H15Br2NO. The Labute approximate surface area is 140 Å². The highest BCUT2D eigenvalue weighted by atomic mass is 79.9. The Bertz CT molecular complexity index is 749. The van der Waals surface area contributed by atoms with Crippen molar-refractivity contribution in [3.63, 3.8) is 0 Å². The van der Waals surface area contributed by atoms with Gasteiger partial charge in [-0.15, -0.1) is 0 Å². The van der Waals surface area contributed by atoms with Gasteiger partial charge in [0.2, 0.25) is 0 Å². The molecule has 0 saturated heterocycles. The molecule has 0 bridgehead atoms. The summed E-state index contributed by atoms with van der Waals surface area (Å²) >= 11 is 6.93. The zero-order valence-electron chi connectivity index (χ0n) is 11.6. The summed E-state index contributed by atoms with van der Waals surface area (Å²) in [7, 11) is 0. The van der Waals surface area contributed by atoms with Crippen molar-refractivity contribution < 1.29 is 4.42 Å². The molecule has 1 unspecified atom stereocenters. The standard InChI is InChI=1S/C17H15Br2NO/c1-11(20-10-12-2-4-14(18)5-3-12)17-9-13-8-15(19)6-7-16(13)21-17/h2-9,11,20H,10H2,1H3. The molecule has 1 aromatic heterocycles. The Morgan fingerprint density at radius 2 is 1.71 bits per heavy atom. The molecule has 21 heavy (non-hydrogen) atoms. The Hall–Kier alpha value is -1.10. The van der Waals surface area contributed by atoms with Crippen molar-refractivity contribution in [1.82, 2.24) is 5.32 Å². The fraction of sp³-hybridized carbons (Fsp3) is 0.176. The normalized spacial score (nSPS) is 12.7. The van der Waals surface area contributed by atoms with E-state index in [1.165, 1.54) is 5.56 Å². The zero-order chi connectivity index (χ0) is 14.8. The summed E-state index contributed by atoms with van der Waals surface area (Å²) in [4.78, 5) is 0. The van der Waals surface area contributed by atoms with Gasteiger partial charge in [-0.25, -0.2) is 0 Å². The molecule has 1 N–H and O–H groups in total. The maximum Gasteiger partial charge on any atom is 0.134 e. The van der Waals surface area contributed by atoms with Gasteiger partial charge in [0, 0.05) is 20.9 Å². The van der Waals surface area contributed by atoms with E-state index in [2.05, 4.69) is 80.5 Å². The van der Waals surface area contributed by atoms with E-state index in [1.54, 1.807) is 0 Å². The molecule has 0 radical (unpaired) electrons. The van der Waals surface area contributed by atoms with Gasteiger partial charge < -0.3 is 9.73 Å². The predicted molar refractivity (Wildman–Crippen MR) is 93.3 cm³/mol. The summed E-state index contributed by atoms with van der Waals surface area (Å²) in [5.74, 6) is 0.959. The number of fused-ring (bicyclic) bond motifs is 1. The van der Waals surface area contributed by atoms with Crippen LogP contribution in [-0.4, -0.2) is 0 Å². The number of hydrogen-bond acceptors (Lipinski definition) is 2. The van der Waals surface area contributed by atoms with E-state index in [9.17, 15) is 0 Å². The lowest BCUT2D eigenvalue weighted by Crippen LogP contribution is -2.17. The summed E-state index contributed by atoms with van der Waals surface area (Å²) in [6.45, 7) is 2.93. The second-order valence-electron chi connectivity index (χ2n) is 5.06. The molecule has 3 rings (SSSR count). The Kier molecular flexibility index (Phi) is 4.48. The van der Waals surface area contributed by atoms with Crippen molar-refractivity contribution in [2.24, 2.45) is 0 Å². The average Bonchev–Trinajstić information content (AvgIpc) is 2.89. The number of hydrogen-bond donors (Lipinski definition) is 1. The van der Waals surface area contributed by atoms with E-state index < -0.39 is 0 Å². The molecule has 1 heterocycles. The molecule has 108 valence electrons. The average molecular weight is 409 g/mol. The first-order valence-corrected chi connectivity index (χ1v) is 8.37. The highest BCUT2D eigenvalue weighted by molar-refractivity contribution is 9.10. The topological polar surface area (TPSA) is 25.2 Å². The zero-order valence-corrected chi connectivity index (χ0v) is 14.7. The van der Waals surface area contributed by atoms with E-state index in [0.29, 0.717) is 0 Å². The Morgan fingerprint density at radius 1 is 1.00 bits per heavy atom. The molecule has 0 aliphatic carbocycles. The van der Waals surface area contributed by atoms with E-state index in [0.717, 1.165) is 32.2 Å². The molecule has 0 fully saturated rings. The maximum absolute atomic E-state index is 5.90. The summed E-state index contributed by atoms with van der Waals surface area (Å²) in [5, 5.41) is 4.61. The highest BCUT2D eigenvalue weighted by Gasteiger charge is 2.11. The van der Waals surface area contributed by atoms with Crippen molar-refractivity contribution >= 4 is 42.8 Å². The van der Waals surface area contributed by atoms with Gasteiger partial charge in [-0.1, -0.05) is 44.0 Å². The molecule has 1 atom stereocenters. The minimum atomic E-state index is 0.167. The minimum Gasteiger partial charge on any atom is -0.459 e. The first-order valence-electron chi connectivity index (χ1n) is 6.78. The van der Waals surface area contributed by atoms with Gasteiger partial charge in [-0.2, -0.15) is 0 Å². The van der Waals surface area contributed by atoms with Crippen LogP contribution in [-0.2, 0) is 6.54 Å². The Morgan fingerprint density at radius 3 is 2.48 bits per heavy atom. The van der Waals surface area contributed by atoms with Gasteiger partial charge in [0.05, 0.1) is 6.04 Å². The van der Waals surface area contributed by atoms with Crippen LogP contribution in [0.25, 0.3) is 11.0 Å². The molecular weight excluding hydrogens is 394 g/mol. The third-order valence-electron chi connectivity index (χ3n) is 3.45. The minimum absolute atomic E-state index is 0.167. The third kappa shape index (κ3) is 3.57. The van der Waals surface area contributed by atoms with Gasteiger partial charge in [0.25, 0.3) is 0 Å². The van der Waals surface area contributed by atoms with Crippen LogP contribution < -0.4 is 5.32 Å². The van der Waals surface area contributed by atoms with Crippen LogP contribution in [0.2, 0.25) is 0 Å². The molecule has 3 aromatic rings. The second-order valence-corrected chi connectivity index (χ2v) is 6.89. The predicted octanol–water partition coefficient (Wildman–Crippen LogP) is 5.81. The molecule has 0 aliphatic heterocycles. The van der Waals surface area contributed by atoms with Gasteiger partial charge >= 0.3 is 0 Å². The summed E-state index contributed by atoms with van der Waals surface area (Å²) in [5.41, 5.74) is 2.18. The van der Waals surface area contributed by atoms with E-state index in [-0.39, 0.29) is 6.04 Å². The van der Waals surface area contributed by atoms with Crippen molar-refractivity contribution in [1.29, 1.82) is 0 Å². The van der Waals surface area contributed by atoms with Crippen molar-refractivity contribution in [3.8, 4) is 0 Å². The molecule has 0 saturated carbocycles. The first kappa shape index (κ1) is 14.8. The summed E-state index contributed by atoms with van der Waals surface area (Å²) in [6, 6.07) is 16.7. The van der Waals surface area contributed by atoms with Crippen molar-refractivity contribution in [2.75, 3.05) is 0 Å². The molecule has 0 aliphatic rings. The molecule has 2 nitrogen and oxygen atoms in total. The molecule has 4 heteroatoms. The second kappa shape index (κ2) is 6.34. The van der Waals surface area contributed by atoms with E-state index >= 15 is 0 Å². The molecule has 0 amide bonds. The van der Waals surface area contributed by atoms with Crippen LogP contribution in [0.5, 0.6) is 0 Å². The van der Waals surface area contributed by atoms with E-state index in [1.807, 2.05) is 12.1 Å². The Balaban J connectivity index is 1.71. The number of benzene rings is 2. The maximum atomic E-state index is 5.90. The molecule has 0 spiro atoms. The fourth-order valence-corrected chi connectivity index (χ4v) is 2.87. The van der Waals surface area contributed by atoms with Crippen LogP contribution in [0.1, 0.15) is 24.3 Å². The monoisotopic (exact) mass is 407 g/mol. The number of nitrogens with one attached hydrogen (secondary N) is 1. The van der Waals surface area contributed by atoms with E-state index in [4.69, 9.17) is 4.42 Å². The number of halogens is 2. The van der Waals surface area contributed by atoms with Crippen LogP contribution in [0, 0.1) is 0 Å². The molecule has 2 aromatic carbocycles. The lowest BCUT2D eigenvalue weighted by Gasteiger charge is -2.11. The van der Waals surface area contributed by atoms with Crippen LogP contribution in [0.15, 0.2) is 61.9 Å². The van der Waals surface area contributed by atoms with Crippen LogP contribution >= 0.6 is 31.9 Å². The largest absolute Gasteiger partial charge is 0.459 e. The highest BCUT2D eigenvalue weighted by Crippen LogP contribution is 2.26. The summed E-state index contributed by atoms with van der Waals surface area (Å²) in [6.07, 6.45) is 0. The fourth-order valence-electron chi connectivity index (χ4n) is 2.22. The third-order valence-corrected chi connectivity index (χ3v) is 4.47. The van der Waals surface area contributed by atoms with Crippen LogP contribution in [0.4, 0.5) is 0 Å². The summed E-state index contributed by atoms with van der Waals surface area (Å²) < 4.78 is 8.07. The van der Waals surface area contributed by atoms with Crippen molar-refractivity contribution in [3.05, 3.63) is 68.8 Å². The number of furan rings is 1. The lowest BCUT2D eigenvalue weighted by molar-refractivity contribution is 0.451. The van der Waals surface area contributed by atoms with Crippen molar-refractivity contribution in [2.45, 2.75) is 19.5 Å². The first-order chi connectivity index (χ1) is 10.1. The van der Waals surface area contributed by atoms with Gasteiger partial charge in [-0.3, -0.25) is 0 Å². The quantitative estimate of drug-likeness (QED) is 0.589.